The molecule has 0 spiro atoms. The molecule has 0 aliphatic carbocycles. The van der Waals surface area contributed by atoms with Gasteiger partial charge >= 0.3 is 0 Å². The van der Waals surface area contributed by atoms with Crippen LogP contribution in [0, 0.1) is 0 Å². The lowest BCUT2D eigenvalue weighted by Crippen LogP contribution is -2.46. The minimum atomic E-state index is 0.854. The summed E-state index contributed by atoms with van der Waals surface area (Å²) < 4.78 is 9.01. The van der Waals surface area contributed by atoms with E-state index in [0.29, 0.717) is 0 Å². The molecule has 1 aliphatic heterocycles. The lowest BCUT2D eigenvalue weighted by molar-refractivity contribution is -0.868. The first-order chi connectivity index (χ1) is 18.3. The maximum Gasteiger partial charge on any atom is 0.283 e. The van der Waals surface area contributed by atoms with Gasteiger partial charge in [-0.2, -0.15) is 4.57 Å². The van der Waals surface area contributed by atoms with Crippen LogP contribution in [0.2, 0.25) is 0 Å². The van der Waals surface area contributed by atoms with Crippen molar-refractivity contribution in [2.24, 2.45) is 0 Å². The number of ether oxygens (including phenoxy) is 1. The molecule has 4 aromatic rings. The highest BCUT2D eigenvalue weighted by atomic mass is 32.2. The van der Waals surface area contributed by atoms with Gasteiger partial charge in [0.2, 0.25) is 0 Å². The normalized spacial score (nSPS) is 14.3. The number of fused-ring (bicyclic) bond motifs is 2. The Morgan fingerprint density at radius 2 is 1.71 bits per heavy atom. The SMILES string of the molecule is CCN(CC[N+](C)(C)C)c1cc(/C=C2\Sc3ccccc3N2C)c2ccc(OC)cc2[n+]1-c1ccccc1. The second-order valence-electron chi connectivity index (χ2n) is 10.7. The summed E-state index contributed by atoms with van der Waals surface area (Å²) in [6, 6.07) is 28.1. The third-order valence-electron chi connectivity index (χ3n) is 7.08. The summed E-state index contributed by atoms with van der Waals surface area (Å²) in [4.78, 5) is 6.08. The van der Waals surface area contributed by atoms with Crippen molar-refractivity contribution in [3.05, 3.63) is 89.5 Å². The van der Waals surface area contributed by atoms with Gasteiger partial charge in [-0.3, -0.25) is 4.90 Å². The Kier molecular flexibility index (Phi) is 7.37. The average molecular weight is 527 g/mol. The van der Waals surface area contributed by atoms with Crippen LogP contribution in [0.25, 0.3) is 22.7 Å². The third kappa shape index (κ3) is 5.24. The molecule has 38 heavy (non-hydrogen) atoms. The van der Waals surface area contributed by atoms with E-state index < -0.39 is 0 Å². The largest absolute Gasteiger partial charge is 0.497 e. The summed E-state index contributed by atoms with van der Waals surface area (Å²) in [6.45, 7) is 5.16. The average Bonchev–Trinajstić information content (AvgIpc) is 3.23. The van der Waals surface area contributed by atoms with Crippen LogP contribution in [0.3, 0.4) is 0 Å². The minimum absolute atomic E-state index is 0.854. The van der Waals surface area contributed by atoms with Crippen molar-refractivity contribution in [3.63, 3.8) is 0 Å². The number of aromatic nitrogens is 1. The summed E-state index contributed by atoms with van der Waals surface area (Å²) >= 11 is 1.83. The van der Waals surface area contributed by atoms with E-state index in [2.05, 4.69) is 134 Å². The quantitative estimate of drug-likeness (QED) is 0.201. The Morgan fingerprint density at radius 1 is 0.974 bits per heavy atom. The molecule has 6 heteroatoms. The van der Waals surface area contributed by atoms with Crippen LogP contribution in [0.5, 0.6) is 5.75 Å². The number of para-hydroxylation sites is 2. The van der Waals surface area contributed by atoms with Crippen molar-refractivity contribution in [2.45, 2.75) is 11.8 Å². The Labute approximate surface area is 231 Å². The number of anilines is 2. The summed E-state index contributed by atoms with van der Waals surface area (Å²) in [7, 11) is 10.7. The summed E-state index contributed by atoms with van der Waals surface area (Å²) in [5.41, 5.74) is 4.73. The van der Waals surface area contributed by atoms with E-state index in [1.54, 1.807) is 7.11 Å². The first-order valence-corrected chi connectivity index (χ1v) is 14.0. The summed E-state index contributed by atoms with van der Waals surface area (Å²) in [6.07, 6.45) is 2.34. The van der Waals surface area contributed by atoms with Crippen LogP contribution in [0.15, 0.2) is 88.8 Å². The molecule has 1 aliphatic rings. The van der Waals surface area contributed by atoms with E-state index in [1.807, 2.05) is 11.8 Å². The zero-order valence-corrected chi connectivity index (χ0v) is 24.1. The van der Waals surface area contributed by atoms with E-state index in [9.17, 15) is 0 Å². The molecule has 0 bridgehead atoms. The predicted octanol–water partition coefficient (Wildman–Crippen LogP) is 6.20. The van der Waals surface area contributed by atoms with Gasteiger partial charge in [0.05, 0.1) is 45.5 Å². The van der Waals surface area contributed by atoms with Crippen LogP contribution in [0.4, 0.5) is 11.5 Å². The van der Waals surface area contributed by atoms with Gasteiger partial charge in [-0.1, -0.05) is 42.1 Å². The van der Waals surface area contributed by atoms with Gasteiger partial charge in [0.1, 0.15) is 30.0 Å². The predicted molar refractivity (Wildman–Crippen MR) is 161 cm³/mol. The number of benzene rings is 3. The fourth-order valence-electron chi connectivity index (χ4n) is 4.91. The molecular formula is C32H38N4OS+2. The highest BCUT2D eigenvalue weighted by Gasteiger charge is 2.27. The third-order valence-corrected chi connectivity index (χ3v) is 8.25. The molecule has 0 fully saturated rings. The van der Waals surface area contributed by atoms with Crippen molar-refractivity contribution in [1.82, 2.24) is 0 Å². The van der Waals surface area contributed by atoms with Gasteiger partial charge in [-0.05, 0) is 55.0 Å². The van der Waals surface area contributed by atoms with Crippen LogP contribution in [-0.2, 0) is 0 Å². The molecular weight excluding hydrogens is 488 g/mol. The first-order valence-electron chi connectivity index (χ1n) is 13.2. The minimum Gasteiger partial charge on any atom is -0.497 e. The van der Waals surface area contributed by atoms with Gasteiger partial charge in [0.15, 0.2) is 0 Å². The Hall–Kier alpha value is -3.48. The van der Waals surface area contributed by atoms with Crippen molar-refractivity contribution in [2.75, 3.05) is 64.7 Å². The van der Waals surface area contributed by atoms with E-state index >= 15 is 0 Å². The number of hydrogen-bond donors (Lipinski definition) is 0. The summed E-state index contributed by atoms with van der Waals surface area (Å²) in [5, 5.41) is 2.42. The topological polar surface area (TPSA) is 19.6 Å². The number of thioether (sulfide) groups is 1. The molecule has 0 atom stereocenters. The maximum atomic E-state index is 5.71. The van der Waals surface area contributed by atoms with Crippen LogP contribution in [-0.4, -0.2) is 59.4 Å². The van der Waals surface area contributed by atoms with Crippen LogP contribution < -0.4 is 19.1 Å². The number of pyridine rings is 1. The van der Waals surface area contributed by atoms with E-state index in [-0.39, 0.29) is 0 Å². The van der Waals surface area contributed by atoms with Crippen molar-refractivity contribution < 1.29 is 13.8 Å². The van der Waals surface area contributed by atoms with Crippen molar-refractivity contribution in [1.29, 1.82) is 0 Å². The van der Waals surface area contributed by atoms with E-state index in [4.69, 9.17) is 4.74 Å². The number of quaternary nitrogens is 1. The molecule has 0 unspecified atom stereocenters. The zero-order valence-electron chi connectivity index (χ0n) is 23.3. The molecule has 196 valence electrons. The van der Waals surface area contributed by atoms with Gasteiger partial charge < -0.3 is 14.1 Å². The van der Waals surface area contributed by atoms with Crippen LogP contribution in [0.1, 0.15) is 12.5 Å². The lowest BCUT2D eigenvalue weighted by atomic mass is 10.1. The molecule has 5 nitrogen and oxygen atoms in total. The van der Waals surface area contributed by atoms with Crippen molar-refractivity contribution in [3.8, 4) is 11.4 Å². The Morgan fingerprint density at radius 3 is 2.39 bits per heavy atom. The van der Waals surface area contributed by atoms with E-state index in [1.165, 1.54) is 32.4 Å². The molecule has 2 heterocycles. The second-order valence-corrected chi connectivity index (χ2v) is 11.8. The van der Waals surface area contributed by atoms with Gasteiger partial charge in [-0.25, -0.2) is 0 Å². The fourth-order valence-corrected chi connectivity index (χ4v) is 6.01. The molecule has 0 amide bonds. The molecule has 0 N–H and O–H groups in total. The van der Waals surface area contributed by atoms with Gasteiger partial charge in [-0.15, -0.1) is 0 Å². The lowest BCUT2D eigenvalue weighted by Gasteiger charge is -2.27. The molecule has 5 rings (SSSR count). The van der Waals surface area contributed by atoms with Crippen LogP contribution >= 0.6 is 11.8 Å². The molecule has 0 radical (unpaired) electrons. The van der Waals surface area contributed by atoms with E-state index in [0.717, 1.165) is 41.1 Å². The number of likely N-dealkylation sites (N-methyl/N-ethyl adjacent to an activating group) is 2. The second kappa shape index (κ2) is 10.7. The number of hydrogen-bond acceptors (Lipinski definition) is 4. The first kappa shape index (κ1) is 26.1. The molecule has 0 saturated heterocycles. The molecule has 3 aromatic carbocycles. The van der Waals surface area contributed by atoms with Crippen molar-refractivity contribution >= 4 is 40.2 Å². The molecule has 0 saturated carbocycles. The Bertz CT molecular complexity index is 1480. The number of rotatable bonds is 8. The number of nitrogens with zero attached hydrogens (tertiary/aromatic N) is 4. The zero-order chi connectivity index (χ0) is 26.9. The number of methoxy groups -OCH3 is 1. The van der Waals surface area contributed by atoms with Gasteiger partial charge in [0.25, 0.3) is 5.82 Å². The standard InChI is InChI=1S/C32H38N4OS/c1-7-34(19-20-36(3,4)5)31-21-24(22-32-33(2)28-15-11-12-16-30(28)38-32)27-18-17-26(37-6)23-29(27)35(31)25-13-9-8-10-14-25/h8-18,21-23H,7,19-20H2,1-6H3/q+2. The highest BCUT2D eigenvalue weighted by Crippen LogP contribution is 2.46. The fraction of sp³-hybridized carbons (Fsp3) is 0.281. The monoisotopic (exact) mass is 526 g/mol. The van der Waals surface area contributed by atoms with Gasteiger partial charge in [0, 0.05) is 29.5 Å². The molecule has 1 aromatic heterocycles. The highest BCUT2D eigenvalue weighted by molar-refractivity contribution is 8.03. The smallest absolute Gasteiger partial charge is 0.283 e. The maximum absolute atomic E-state index is 5.71. The Balaban J connectivity index is 1.75. The summed E-state index contributed by atoms with van der Waals surface area (Å²) in [5.74, 6) is 2.04.